The molecule has 3 rings (SSSR count). The Morgan fingerprint density at radius 1 is 1.36 bits per heavy atom. The number of rotatable bonds is 4. The van der Waals surface area contributed by atoms with Gasteiger partial charge in [0, 0.05) is 10.7 Å². The Morgan fingerprint density at radius 2 is 2.23 bits per heavy atom. The minimum Gasteiger partial charge on any atom is -0.324 e. The van der Waals surface area contributed by atoms with E-state index in [0.717, 1.165) is 4.88 Å². The number of hydrogen-bond acceptors (Lipinski definition) is 5. The highest BCUT2D eigenvalue weighted by atomic mass is 35.5. The van der Waals surface area contributed by atoms with Crippen molar-refractivity contribution >= 4 is 34.5 Å². The molecule has 0 spiro atoms. The number of anilines is 1. The Kier molecular flexibility index (Phi) is 4.17. The molecule has 0 saturated heterocycles. The fourth-order valence-electron chi connectivity index (χ4n) is 1.81. The van der Waals surface area contributed by atoms with Gasteiger partial charge in [0.25, 0.3) is 5.91 Å². The van der Waals surface area contributed by atoms with Crippen molar-refractivity contribution in [1.29, 1.82) is 0 Å². The van der Waals surface area contributed by atoms with Gasteiger partial charge in [-0.2, -0.15) is 4.80 Å². The minimum atomic E-state index is -0.583. The van der Waals surface area contributed by atoms with Crippen LogP contribution in [0.3, 0.4) is 0 Å². The summed E-state index contributed by atoms with van der Waals surface area (Å²) in [7, 11) is 0. The smallest absolute Gasteiger partial charge is 0.250 e. The third-order valence-electron chi connectivity index (χ3n) is 2.99. The molecule has 0 aliphatic heterocycles. The number of carbonyl (C=O) groups is 1. The van der Waals surface area contributed by atoms with E-state index in [9.17, 15) is 4.79 Å². The Morgan fingerprint density at radius 3 is 2.95 bits per heavy atom. The lowest BCUT2D eigenvalue weighted by Gasteiger charge is -2.10. The molecule has 0 unspecified atom stereocenters. The number of hydrogen-bond donors (Lipinski definition) is 1. The van der Waals surface area contributed by atoms with Gasteiger partial charge in [-0.15, -0.1) is 21.5 Å². The van der Waals surface area contributed by atoms with Gasteiger partial charge in [0.05, 0.1) is 4.88 Å². The Balaban J connectivity index is 1.73. The quantitative estimate of drug-likeness (QED) is 0.795. The summed E-state index contributed by atoms with van der Waals surface area (Å²) in [4.78, 5) is 14.5. The number of tetrazole rings is 1. The first kappa shape index (κ1) is 14.7. The van der Waals surface area contributed by atoms with E-state index in [2.05, 4.69) is 20.7 Å². The first-order chi connectivity index (χ1) is 10.6. The van der Waals surface area contributed by atoms with E-state index >= 15 is 0 Å². The fraction of sp³-hybridized carbons (Fsp3) is 0.143. The Bertz CT molecular complexity index is 786. The van der Waals surface area contributed by atoms with E-state index < -0.39 is 6.04 Å². The van der Waals surface area contributed by atoms with Gasteiger partial charge in [-0.3, -0.25) is 4.79 Å². The number of nitrogens with zero attached hydrogens (tertiary/aromatic N) is 4. The lowest BCUT2D eigenvalue weighted by atomic mass is 10.3. The van der Waals surface area contributed by atoms with Crippen LogP contribution in [0.25, 0.3) is 10.7 Å². The highest BCUT2D eigenvalue weighted by molar-refractivity contribution is 7.13. The maximum Gasteiger partial charge on any atom is 0.250 e. The topological polar surface area (TPSA) is 72.7 Å². The van der Waals surface area contributed by atoms with Crippen molar-refractivity contribution in [1.82, 2.24) is 20.2 Å². The van der Waals surface area contributed by atoms with Crippen LogP contribution in [0.5, 0.6) is 0 Å². The largest absolute Gasteiger partial charge is 0.324 e. The number of halogens is 1. The van der Waals surface area contributed by atoms with Crippen LogP contribution in [0.1, 0.15) is 13.0 Å². The summed E-state index contributed by atoms with van der Waals surface area (Å²) in [5.41, 5.74) is 0.628. The van der Waals surface area contributed by atoms with Crippen LogP contribution < -0.4 is 5.32 Å². The lowest BCUT2D eigenvalue weighted by molar-refractivity contribution is -0.119. The highest BCUT2D eigenvalue weighted by Crippen LogP contribution is 2.21. The Labute approximate surface area is 135 Å². The molecule has 0 aliphatic rings. The summed E-state index contributed by atoms with van der Waals surface area (Å²) >= 11 is 7.42. The molecule has 2 aromatic heterocycles. The summed E-state index contributed by atoms with van der Waals surface area (Å²) in [6.07, 6.45) is 0. The van der Waals surface area contributed by atoms with Crippen LogP contribution in [0.15, 0.2) is 41.8 Å². The van der Waals surface area contributed by atoms with E-state index in [-0.39, 0.29) is 5.91 Å². The maximum atomic E-state index is 12.2. The second-order valence-corrected chi connectivity index (χ2v) is 5.97. The zero-order valence-electron chi connectivity index (χ0n) is 11.6. The number of nitrogens with one attached hydrogen (secondary N) is 1. The van der Waals surface area contributed by atoms with Gasteiger partial charge >= 0.3 is 0 Å². The van der Waals surface area contributed by atoms with Crippen LogP contribution in [-0.2, 0) is 4.79 Å². The second-order valence-electron chi connectivity index (χ2n) is 4.59. The first-order valence-electron chi connectivity index (χ1n) is 6.53. The fourth-order valence-corrected chi connectivity index (χ4v) is 2.65. The molecule has 0 fully saturated rings. The number of amides is 1. The van der Waals surface area contributed by atoms with E-state index in [0.29, 0.717) is 16.5 Å². The molecule has 0 saturated carbocycles. The minimum absolute atomic E-state index is 0.239. The third kappa shape index (κ3) is 3.15. The molecule has 0 radical (unpaired) electrons. The van der Waals surface area contributed by atoms with Crippen LogP contribution in [0, 0.1) is 0 Å². The Hall–Kier alpha value is -2.25. The monoisotopic (exact) mass is 333 g/mol. The van der Waals surface area contributed by atoms with E-state index in [4.69, 9.17) is 11.6 Å². The van der Waals surface area contributed by atoms with E-state index in [1.54, 1.807) is 31.2 Å². The van der Waals surface area contributed by atoms with E-state index in [1.165, 1.54) is 16.1 Å². The average molecular weight is 334 g/mol. The lowest BCUT2D eigenvalue weighted by Crippen LogP contribution is -2.25. The standard InChI is InChI=1S/C14H12ClN5OS/c1-9(14(21)16-11-5-2-4-10(15)8-11)20-18-13(17-19-20)12-6-3-7-22-12/h2-9H,1H3,(H,16,21)/t9-/m1/s1. The van der Waals surface area contributed by atoms with Gasteiger partial charge in [0.1, 0.15) is 6.04 Å². The van der Waals surface area contributed by atoms with Gasteiger partial charge in [-0.25, -0.2) is 0 Å². The predicted molar refractivity (Wildman–Crippen MR) is 85.9 cm³/mol. The van der Waals surface area contributed by atoms with Gasteiger partial charge in [0.15, 0.2) is 0 Å². The normalized spacial score (nSPS) is 12.1. The number of carbonyl (C=O) groups excluding carboxylic acids is 1. The molecule has 112 valence electrons. The molecule has 0 aliphatic carbocycles. The molecule has 1 atom stereocenters. The van der Waals surface area contributed by atoms with Gasteiger partial charge < -0.3 is 5.32 Å². The molecular formula is C14H12ClN5OS. The molecule has 3 aromatic rings. The second kappa shape index (κ2) is 6.25. The van der Waals surface area contributed by atoms with Crippen molar-refractivity contribution < 1.29 is 4.79 Å². The van der Waals surface area contributed by atoms with Gasteiger partial charge in [-0.05, 0) is 41.8 Å². The summed E-state index contributed by atoms with van der Waals surface area (Å²) in [6, 6.07) is 10.2. The van der Waals surface area contributed by atoms with Crippen molar-refractivity contribution in [2.24, 2.45) is 0 Å². The summed E-state index contributed by atoms with van der Waals surface area (Å²) < 4.78 is 0. The van der Waals surface area contributed by atoms with Gasteiger partial charge in [-0.1, -0.05) is 23.7 Å². The maximum absolute atomic E-state index is 12.2. The van der Waals surface area contributed by atoms with E-state index in [1.807, 2.05) is 17.5 Å². The molecular weight excluding hydrogens is 322 g/mol. The van der Waals surface area contributed by atoms with Crippen LogP contribution in [0.4, 0.5) is 5.69 Å². The average Bonchev–Trinajstić information content (AvgIpc) is 3.17. The molecule has 8 heteroatoms. The first-order valence-corrected chi connectivity index (χ1v) is 7.79. The van der Waals surface area contributed by atoms with Crippen LogP contribution in [0.2, 0.25) is 5.02 Å². The zero-order valence-corrected chi connectivity index (χ0v) is 13.2. The number of thiophene rings is 1. The van der Waals surface area contributed by atoms with Crippen molar-refractivity contribution in [2.45, 2.75) is 13.0 Å². The molecule has 6 nitrogen and oxygen atoms in total. The predicted octanol–water partition coefficient (Wildman–Crippen LogP) is 3.25. The SMILES string of the molecule is C[C@H](C(=O)Nc1cccc(Cl)c1)n1nnc(-c2cccs2)n1. The number of aromatic nitrogens is 4. The highest BCUT2D eigenvalue weighted by Gasteiger charge is 2.19. The van der Waals surface area contributed by atoms with Crippen molar-refractivity contribution in [3.05, 3.63) is 46.8 Å². The molecule has 1 amide bonds. The molecule has 2 heterocycles. The summed E-state index contributed by atoms with van der Waals surface area (Å²) in [6.45, 7) is 1.71. The van der Waals surface area contributed by atoms with Crippen LogP contribution >= 0.6 is 22.9 Å². The van der Waals surface area contributed by atoms with Crippen LogP contribution in [-0.4, -0.2) is 26.1 Å². The summed E-state index contributed by atoms with van der Waals surface area (Å²) in [5.74, 6) is 0.273. The van der Waals surface area contributed by atoms with Crippen molar-refractivity contribution in [2.75, 3.05) is 5.32 Å². The van der Waals surface area contributed by atoms with Crippen molar-refractivity contribution in [3.8, 4) is 10.7 Å². The third-order valence-corrected chi connectivity index (χ3v) is 4.09. The van der Waals surface area contributed by atoms with Gasteiger partial charge in [0.2, 0.25) is 5.82 Å². The molecule has 0 bridgehead atoms. The zero-order chi connectivity index (χ0) is 15.5. The molecule has 1 N–H and O–H groups in total. The molecule has 22 heavy (non-hydrogen) atoms. The summed E-state index contributed by atoms with van der Waals surface area (Å²) in [5, 5.41) is 17.4. The van der Waals surface area contributed by atoms with Crippen molar-refractivity contribution in [3.63, 3.8) is 0 Å². The molecule has 1 aromatic carbocycles. The number of benzene rings is 1.